The number of nitrogens with zero attached hydrogens (tertiary/aromatic N) is 6. The molecule has 29 heavy (non-hydrogen) atoms. The van der Waals surface area contributed by atoms with Gasteiger partial charge in [0.1, 0.15) is 0 Å². The van der Waals surface area contributed by atoms with E-state index in [0.717, 1.165) is 16.8 Å². The molecule has 1 aliphatic rings. The third-order valence-corrected chi connectivity index (χ3v) is 5.26. The van der Waals surface area contributed by atoms with E-state index in [1.54, 1.807) is 19.0 Å². The van der Waals surface area contributed by atoms with Gasteiger partial charge in [0.25, 0.3) is 5.56 Å². The number of fused-ring (bicyclic) bond motifs is 3. The average molecular weight is 392 g/mol. The highest BCUT2D eigenvalue weighted by atomic mass is 16.2. The van der Waals surface area contributed by atoms with Crippen LogP contribution in [0, 0.1) is 0 Å². The zero-order valence-electron chi connectivity index (χ0n) is 17.1. The van der Waals surface area contributed by atoms with Gasteiger partial charge >= 0.3 is 5.69 Å². The van der Waals surface area contributed by atoms with Crippen molar-refractivity contribution in [1.29, 1.82) is 0 Å². The van der Waals surface area contributed by atoms with E-state index in [2.05, 4.69) is 11.6 Å². The number of benzene rings is 1. The Kier molecular flexibility index (Phi) is 4.49. The molecule has 0 saturated heterocycles. The van der Waals surface area contributed by atoms with Crippen LogP contribution in [0.3, 0.4) is 0 Å². The lowest BCUT2D eigenvalue weighted by molar-refractivity contribution is 0.624. The third kappa shape index (κ3) is 3.00. The normalized spacial score (nSPS) is 16.1. The predicted octanol–water partition coefficient (Wildman–Crippen LogP) is 2.43. The number of hydrogen-bond donors (Lipinski definition) is 0. The molecule has 0 radical (unpaired) electrons. The molecular weight excluding hydrogens is 368 g/mol. The van der Waals surface area contributed by atoms with E-state index in [1.807, 2.05) is 48.7 Å². The van der Waals surface area contributed by atoms with Gasteiger partial charge in [-0.05, 0) is 26.3 Å². The minimum absolute atomic E-state index is 0.148. The van der Waals surface area contributed by atoms with E-state index in [4.69, 9.17) is 5.10 Å². The quantitative estimate of drug-likeness (QED) is 0.639. The Morgan fingerprint density at radius 1 is 1.21 bits per heavy atom. The van der Waals surface area contributed by atoms with Crippen molar-refractivity contribution in [1.82, 2.24) is 18.7 Å². The molecule has 0 spiro atoms. The van der Waals surface area contributed by atoms with Crippen molar-refractivity contribution >= 4 is 22.8 Å². The van der Waals surface area contributed by atoms with Crippen molar-refractivity contribution in [3.05, 3.63) is 68.9 Å². The maximum Gasteiger partial charge on any atom is 0.332 e. The van der Waals surface area contributed by atoms with Crippen molar-refractivity contribution in [2.24, 2.45) is 12.1 Å². The molecule has 1 unspecified atom stereocenters. The van der Waals surface area contributed by atoms with Gasteiger partial charge in [-0.25, -0.2) is 9.80 Å². The number of aromatic nitrogens is 4. The highest BCUT2D eigenvalue weighted by Crippen LogP contribution is 2.30. The van der Waals surface area contributed by atoms with Gasteiger partial charge in [0, 0.05) is 7.05 Å². The van der Waals surface area contributed by atoms with Crippen molar-refractivity contribution < 1.29 is 0 Å². The predicted molar refractivity (Wildman–Crippen MR) is 114 cm³/mol. The SMILES string of the molecule is C=C(C)Cn1c(=O)c2c(nc3n2C(C)C(C)=NN3Cc2ccccc2)n(C)c1=O. The third-order valence-electron chi connectivity index (χ3n) is 5.26. The smallest absolute Gasteiger partial charge is 0.294 e. The minimum Gasteiger partial charge on any atom is -0.294 e. The molecule has 8 heteroatoms. The van der Waals surface area contributed by atoms with Gasteiger partial charge in [-0.15, -0.1) is 0 Å². The molecule has 0 N–H and O–H groups in total. The monoisotopic (exact) mass is 392 g/mol. The lowest BCUT2D eigenvalue weighted by Gasteiger charge is -2.29. The average Bonchev–Trinajstić information content (AvgIpc) is 3.09. The van der Waals surface area contributed by atoms with E-state index in [1.165, 1.54) is 9.13 Å². The molecule has 150 valence electrons. The van der Waals surface area contributed by atoms with E-state index < -0.39 is 5.69 Å². The van der Waals surface area contributed by atoms with Crippen LogP contribution in [0.2, 0.25) is 0 Å². The summed E-state index contributed by atoms with van der Waals surface area (Å²) in [6.07, 6.45) is 0. The van der Waals surface area contributed by atoms with Crippen molar-refractivity contribution in [2.45, 2.75) is 39.9 Å². The molecule has 2 aromatic heterocycles. The Morgan fingerprint density at radius 3 is 2.55 bits per heavy atom. The maximum atomic E-state index is 13.3. The Balaban J connectivity index is 1.98. The number of anilines is 1. The summed E-state index contributed by atoms with van der Waals surface area (Å²) in [6, 6.07) is 9.80. The minimum atomic E-state index is -0.402. The summed E-state index contributed by atoms with van der Waals surface area (Å²) in [5.74, 6) is 0.558. The van der Waals surface area contributed by atoms with Crippen LogP contribution in [-0.4, -0.2) is 24.4 Å². The molecule has 1 aromatic carbocycles. The van der Waals surface area contributed by atoms with Gasteiger partial charge in [0.2, 0.25) is 5.95 Å². The zero-order valence-corrected chi connectivity index (χ0v) is 17.1. The molecule has 1 aliphatic heterocycles. The van der Waals surface area contributed by atoms with Crippen LogP contribution in [0.5, 0.6) is 0 Å². The molecule has 0 amide bonds. The first-order chi connectivity index (χ1) is 13.8. The molecule has 3 heterocycles. The summed E-state index contributed by atoms with van der Waals surface area (Å²) in [5.41, 5.74) is 2.69. The summed E-state index contributed by atoms with van der Waals surface area (Å²) in [6.45, 7) is 10.3. The van der Waals surface area contributed by atoms with E-state index in [0.29, 0.717) is 23.7 Å². The van der Waals surface area contributed by atoms with Gasteiger partial charge in [0.05, 0.1) is 24.8 Å². The Hall–Kier alpha value is -3.42. The summed E-state index contributed by atoms with van der Waals surface area (Å²) < 4.78 is 4.53. The summed E-state index contributed by atoms with van der Waals surface area (Å²) in [7, 11) is 1.64. The zero-order chi connectivity index (χ0) is 20.9. The number of imidazole rings is 1. The van der Waals surface area contributed by atoms with Crippen molar-refractivity contribution in [3.8, 4) is 0 Å². The highest BCUT2D eigenvalue weighted by molar-refractivity contribution is 5.91. The van der Waals surface area contributed by atoms with Gasteiger partial charge in [-0.2, -0.15) is 10.1 Å². The van der Waals surface area contributed by atoms with Crippen LogP contribution >= 0.6 is 0 Å². The fourth-order valence-electron chi connectivity index (χ4n) is 3.65. The van der Waals surface area contributed by atoms with Gasteiger partial charge < -0.3 is 0 Å². The Bertz CT molecular complexity index is 1260. The first-order valence-corrected chi connectivity index (χ1v) is 9.52. The summed E-state index contributed by atoms with van der Waals surface area (Å²) in [4.78, 5) is 30.7. The standard InChI is InChI=1S/C21H24N6O2/c1-13(2)11-25-19(28)17-18(24(5)21(25)29)22-20-26(12-16-9-7-6-8-10-16)23-14(3)15(4)27(17)20/h6-10,15H,1,11-12H2,2-5H3. The van der Waals surface area contributed by atoms with Gasteiger partial charge in [0.15, 0.2) is 11.2 Å². The van der Waals surface area contributed by atoms with E-state index in [-0.39, 0.29) is 18.1 Å². The van der Waals surface area contributed by atoms with Gasteiger partial charge in [-0.1, -0.05) is 42.5 Å². The summed E-state index contributed by atoms with van der Waals surface area (Å²) in [5, 5.41) is 6.49. The fraction of sp³-hybridized carbons (Fsp3) is 0.333. The highest BCUT2D eigenvalue weighted by Gasteiger charge is 2.30. The van der Waals surface area contributed by atoms with Gasteiger partial charge in [-0.3, -0.25) is 18.5 Å². The number of rotatable bonds is 4. The summed E-state index contributed by atoms with van der Waals surface area (Å²) >= 11 is 0. The molecule has 1 atom stereocenters. The topological polar surface area (TPSA) is 77.4 Å². The van der Waals surface area contributed by atoms with Crippen LogP contribution < -0.4 is 16.3 Å². The number of hydrogen-bond acceptors (Lipinski definition) is 5. The molecule has 0 aliphatic carbocycles. The first kappa shape index (κ1) is 18.9. The second kappa shape index (κ2) is 6.88. The van der Waals surface area contributed by atoms with Crippen LogP contribution in [-0.2, 0) is 20.1 Å². The van der Waals surface area contributed by atoms with Crippen LogP contribution in [0.1, 0.15) is 32.4 Å². The second-order valence-electron chi connectivity index (χ2n) is 7.60. The first-order valence-electron chi connectivity index (χ1n) is 9.52. The van der Waals surface area contributed by atoms with Crippen LogP contribution in [0.4, 0.5) is 5.95 Å². The largest absolute Gasteiger partial charge is 0.332 e. The Labute approximate surface area is 168 Å². The van der Waals surface area contributed by atoms with Crippen molar-refractivity contribution in [2.75, 3.05) is 5.01 Å². The number of hydrazone groups is 1. The lowest BCUT2D eigenvalue weighted by atomic mass is 10.2. The van der Waals surface area contributed by atoms with E-state index in [9.17, 15) is 9.59 Å². The Morgan fingerprint density at radius 2 is 1.90 bits per heavy atom. The second-order valence-corrected chi connectivity index (χ2v) is 7.60. The number of aryl methyl sites for hydroxylation is 1. The van der Waals surface area contributed by atoms with Crippen LogP contribution in [0.15, 0.2) is 57.2 Å². The molecule has 0 fully saturated rings. The van der Waals surface area contributed by atoms with Crippen molar-refractivity contribution in [3.63, 3.8) is 0 Å². The molecule has 3 aromatic rings. The number of allylic oxidation sites excluding steroid dienone is 1. The molecular formula is C21H24N6O2. The molecule has 0 saturated carbocycles. The molecule has 8 nitrogen and oxygen atoms in total. The van der Waals surface area contributed by atoms with E-state index >= 15 is 0 Å². The molecule has 4 rings (SSSR count). The fourth-order valence-corrected chi connectivity index (χ4v) is 3.65. The van der Waals surface area contributed by atoms with Crippen LogP contribution in [0.25, 0.3) is 11.2 Å². The maximum absolute atomic E-state index is 13.3. The molecule has 0 bridgehead atoms. The lowest BCUT2D eigenvalue weighted by Crippen LogP contribution is -2.40.